The van der Waals surface area contributed by atoms with E-state index in [2.05, 4.69) is 26.8 Å². The van der Waals surface area contributed by atoms with Crippen LogP contribution in [0.3, 0.4) is 0 Å². The molecular formula is C36H58O11. The zero-order valence-corrected chi connectivity index (χ0v) is 28.8. The van der Waals surface area contributed by atoms with E-state index in [4.69, 9.17) is 9.47 Å². The summed E-state index contributed by atoms with van der Waals surface area (Å²) >= 11 is 0. The van der Waals surface area contributed by atoms with Crippen LogP contribution in [0.1, 0.15) is 92.9 Å². The highest BCUT2D eigenvalue weighted by atomic mass is 16.7. The number of allylic oxidation sites excluding steroid dienone is 2. The Morgan fingerprint density at radius 1 is 0.915 bits per heavy atom. The number of ether oxygens (including phenoxy) is 2. The van der Waals surface area contributed by atoms with Gasteiger partial charge in [-0.2, -0.15) is 0 Å². The highest BCUT2D eigenvalue weighted by Crippen LogP contribution is 2.76. The molecule has 268 valence electrons. The second-order valence-corrected chi connectivity index (χ2v) is 17.6. The molecule has 6 aliphatic rings. The third-order valence-corrected chi connectivity index (χ3v) is 15.6. The summed E-state index contributed by atoms with van der Waals surface area (Å²) in [4.78, 5) is 14.5. The standard InChI is InChI=1S/C36H58O11/c1-18-24-19-7-8-23-31(2)15-20(39)28(43)32(3,17-38)22(31)9-10-34(23,5)33(19,4)11-13-36(24,14-12-35(18,6)45)30(44)47-29-27(42)26(41)25(40)21(16-37)46-29/h7,18,20-29,37-43,45H,8-17H2,1-6H3. The molecule has 0 spiro atoms. The molecular weight excluding hydrogens is 608 g/mol. The molecule has 0 aromatic carbocycles. The minimum absolute atomic E-state index is 0.0144. The molecule has 47 heavy (non-hydrogen) atoms. The monoisotopic (exact) mass is 666 g/mol. The molecule has 5 aliphatic carbocycles. The molecule has 1 saturated heterocycles. The Morgan fingerprint density at radius 2 is 1.57 bits per heavy atom. The lowest BCUT2D eigenvalue weighted by Crippen LogP contribution is -2.69. The number of aliphatic hydroxyl groups is 8. The van der Waals surface area contributed by atoms with Crippen LogP contribution < -0.4 is 0 Å². The van der Waals surface area contributed by atoms with Crippen LogP contribution in [-0.4, -0.2) is 109 Å². The summed E-state index contributed by atoms with van der Waals surface area (Å²) in [5.74, 6) is -1.12. The predicted molar refractivity (Wildman–Crippen MR) is 169 cm³/mol. The van der Waals surface area contributed by atoms with Gasteiger partial charge in [0.1, 0.15) is 24.4 Å². The van der Waals surface area contributed by atoms with Crippen molar-refractivity contribution in [3.63, 3.8) is 0 Å². The maximum Gasteiger partial charge on any atom is 0.315 e. The lowest BCUT2D eigenvalue weighted by Gasteiger charge is -2.72. The molecule has 11 heteroatoms. The van der Waals surface area contributed by atoms with Crippen molar-refractivity contribution in [2.24, 2.45) is 50.7 Å². The van der Waals surface area contributed by atoms with Crippen molar-refractivity contribution < 1.29 is 55.1 Å². The van der Waals surface area contributed by atoms with Gasteiger partial charge in [-0.1, -0.05) is 46.3 Å². The first-order valence-corrected chi connectivity index (χ1v) is 17.7. The molecule has 6 rings (SSSR count). The minimum Gasteiger partial charge on any atom is -0.432 e. The summed E-state index contributed by atoms with van der Waals surface area (Å²) in [7, 11) is 0. The number of esters is 1. The molecule has 17 unspecified atom stereocenters. The van der Waals surface area contributed by atoms with Gasteiger partial charge in [0.2, 0.25) is 6.29 Å². The van der Waals surface area contributed by atoms with Gasteiger partial charge in [0.25, 0.3) is 0 Å². The Labute approximate surface area is 278 Å². The van der Waals surface area contributed by atoms with E-state index in [0.717, 1.165) is 18.4 Å². The Morgan fingerprint density at radius 3 is 2.21 bits per heavy atom. The average molecular weight is 667 g/mol. The van der Waals surface area contributed by atoms with Gasteiger partial charge in [-0.05, 0) is 92.3 Å². The van der Waals surface area contributed by atoms with Crippen molar-refractivity contribution >= 4 is 5.97 Å². The van der Waals surface area contributed by atoms with Crippen LogP contribution in [0.4, 0.5) is 0 Å². The predicted octanol–water partition coefficient (Wildman–Crippen LogP) is 1.41. The van der Waals surface area contributed by atoms with Crippen molar-refractivity contribution in [3.8, 4) is 0 Å². The molecule has 0 radical (unpaired) electrons. The van der Waals surface area contributed by atoms with Gasteiger partial charge in [-0.3, -0.25) is 4.79 Å². The normalized spacial score (nSPS) is 57.5. The number of fused-ring (bicyclic) bond motifs is 7. The Bertz CT molecular complexity index is 1270. The highest BCUT2D eigenvalue weighted by molar-refractivity contribution is 5.79. The summed E-state index contributed by atoms with van der Waals surface area (Å²) in [6, 6.07) is 0. The van der Waals surface area contributed by atoms with Gasteiger partial charge < -0.3 is 50.3 Å². The molecule has 0 aromatic heterocycles. The third kappa shape index (κ3) is 4.67. The van der Waals surface area contributed by atoms with E-state index >= 15 is 0 Å². The lowest BCUT2D eigenvalue weighted by molar-refractivity contribution is -0.298. The van der Waals surface area contributed by atoms with Crippen LogP contribution in [0.5, 0.6) is 0 Å². The Hall–Kier alpha value is -1.15. The molecule has 0 bridgehead atoms. The molecule has 17 atom stereocenters. The van der Waals surface area contributed by atoms with Crippen molar-refractivity contribution in [1.82, 2.24) is 0 Å². The second-order valence-electron chi connectivity index (χ2n) is 17.6. The fourth-order valence-electron chi connectivity index (χ4n) is 12.3. The van der Waals surface area contributed by atoms with Crippen LogP contribution in [0.25, 0.3) is 0 Å². The smallest absolute Gasteiger partial charge is 0.315 e. The van der Waals surface area contributed by atoms with Crippen LogP contribution in [0.2, 0.25) is 0 Å². The van der Waals surface area contributed by atoms with E-state index in [1.54, 1.807) is 0 Å². The quantitative estimate of drug-likeness (QED) is 0.160. The molecule has 4 saturated carbocycles. The fraction of sp³-hybridized carbons (Fsp3) is 0.917. The third-order valence-electron chi connectivity index (χ3n) is 15.6. The summed E-state index contributed by atoms with van der Waals surface area (Å²) in [6.07, 6.45) is -2.76. The molecule has 8 N–H and O–H groups in total. The molecule has 0 amide bonds. The van der Waals surface area contributed by atoms with Crippen molar-refractivity contribution in [1.29, 1.82) is 0 Å². The number of rotatable bonds is 4. The first-order valence-electron chi connectivity index (χ1n) is 17.7. The number of aliphatic hydroxyl groups excluding tert-OH is 7. The molecule has 0 aromatic rings. The summed E-state index contributed by atoms with van der Waals surface area (Å²) in [5.41, 5.74) is -2.73. The number of carbonyl (C=O) groups excluding carboxylic acids is 1. The molecule has 1 aliphatic heterocycles. The first kappa shape index (κ1) is 35.7. The zero-order chi connectivity index (χ0) is 34.7. The van der Waals surface area contributed by atoms with E-state index in [1.807, 2.05) is 20.8 Å². The number of hydrogen-bond acceptors (Lipinski definition) is 11. The maximum absolute atomic E-state index is 14.5. The average Bonchev–Trinajstić information content (AvgIpc) is 3.02. The number of hydrogen-bond donors (Lipinski definition) is 8. The van der Waals surface area contributed by atoms with E-state index in [1.165, 1.54) is 0 Å². The van der Waals surface area contributed by atoms with Crippen LogP contribution in [-0.2, 0) is 14.3 Å². The van der Waals surface area contributed by atoms with Crippen LogP contribution in [0.15, 0.2) is 11.6 Å². The minimum atomic E-state index is -1.71. The fourth-order valence-corrected chi connectivity index (χ4v) is 12.3. The van der Waals surface area contributed by atoms with Crippen molar-refractivity contribution in [3.05, 3.63) is 11.6 Å². The van der Waals surface area contributed by atoms with Gasteiger partial charge in [0.15, 0.2) is 0 Å². The molecule has 1 heterocycles. The summed E-state index contributed by atoms with van der Waals surface area (Å²) in [6.45, 7) is 11.7. The molecule has 11 nitrogen and oxygen atoms in total. The van der Waals surface area contributed by atoms with Gasteiger partial charge >= 0.3 is 5.97 Å². The second kappa shape index (κ2) is 11.4. The summed E-state index contributed by atoms with van der Waals surface area (Å²) in [5, 5.41) is 85.5. The SMILES string of the molecule is CC1C2C3=CCC4C5(C)CC(O)C(O)C(C)(CO)C5CCC4(C)C3(C)CCC2(C(=O)OC2OC(CO)C(O)C(O)C2O)CCC1(C)O. The topological polar surface area (TPSA) is 197 Å². The van der Waals surface area contributed by atoms with E-state index in [9.17, 15) is 45.6 Å². The van der Waals surface area contributed by atoms with E-state index < -0.39 is 71.9 Å². The largest absolute Gasteiger partial charge is 0.432 e. The van der Waals surface area contributed by atoms with Gasteiger partial charge in [0, 0.05) is 11.3 Å². The number of carbonyl (C=O) groups is 1. The van der Waals surface area contributed by atoms with E-state index in [-0.39, 0.29) is 46.5 Å². The molecule has 5 fully saturated rings. The maximum atomic E-state index is 14.5. The summed E-state index contributed by atoms with van der Waals surface area (Å²) < 4.78 is 11.5. The Kier molecular flexibility index (Phi) is 8.68. The van der Waals surface area contributed by atoms with Gasteiger partial charge in [0.05, 0.1) is 36.4 Å². The lowest BCUT2D eigenvalue weighted by atomic mass is 9.33. The Balaban J connectivity index is 1.39. The van der Waals surface area contributed by atoms with Crippen LogP contribution >= 0.6 is 0 Å². The van der Waals surface area contributed by atoms with Crippen molar-refractivity contribution in [2.75, 3.05) is 13.2 Å². The van der Waals surface area contributed by atoms with Gasteiger partial charge in [-0.15, -0.1) is 0 Å². The zero-order valence-electron chi connectivity index (χ0n) is 28.8. The van der Waals surface area contributed by atoms with Gasteiger partial charge in [-0.25, -0.2) is 0 Å². The van der Waals surface area contributed by atoms with E-state index in [0.29, 0.717) is 38.5 Å². The first-order chi connectivity index (χ1) is 21.8. The highest BCUT2D eigenvalue weighted by Gasteiger charge is 2.71. The van der Waals surface area contributed by atoms with Crippen molar-refractivity contribution in [2.45, 2.75) is 141 Å². The van der Waals surface area contributed by atoms with Crippen LogP contribution in [0, 0.1) is 50.7 Å².